The summed E-state index contributed by atoms with van der Waals surface area (Å²) in [5.41, 5.74) is 7.19. The highest BCUT2D eigenvalue weighted by molar-refractivity contribution is 7.14. The topological polar surface area (TPSA) is 84.2 Å². The van der Waals surface area contributed by atoms with Crippen molar-refractivity contribution < 1.29 is 14.0 Å². The zero-order valence-electron chi connectivity index (χ0n) is 16.2. The van der Waals surface area contributed by atoms with E-state index in [2.05, 4.69) is 22.8 Å². The zero-order valence-corrected chi connectivity index (χ0v) is 17.1. The van der Waals surface area contributed by atoms with Gasteiger partial charge in [-0.2, -0.15) is 0 Å². The van der Waals surface area contributed by atoms with Gasteiger partial charge in [0.15, 0.2) is 11.7 Å². The SMILES string of the molecule is CC1CCc2sc(C(=O)NNC(=O)CCc3ncc(-c4ccccc4)o3)cc2C1. The van der Waals surface area contributed by atoms with Crippen LogP contribution in [0.4, 0.5) is 0 Å². The van der Waals surface area contributed by atoms with Crippen molar-refractivity contribution in [2.75, 3.05) is 0 Å². The molecule has 1 unspecified atom stereocenters. The fourth-order valence-electron chi connectivity index (χ4n) is 3.45. The molecule has 6 nitrogen and oxygen atoms in total. The fraction of sp³-hybridized carbons (Fsp3) is 0.318. The fourth-order valence-corrected chi connectivity index (χ4v) is 4.55. The van der Waals surface area contributed by atoms with E-state index in [9.17, 15) is 9.59 Å². The summed E-state index contributed by atoms with van der Waals surface area (Å²) in [6.07, 6.45) is 5.41. The maximum atomic E-state index is 12.3. The summed E-state index contributed by atoms with van der Waals surface area (Å²) in [6.45, 7) is 2.23. The highest BCUT2D eigenvalue weighted by atomic mass is 32.1. The van der Waals surface area contributed by atoms with Gasteiger partial charge in [0.1, 0.15) is 0 Å². The van der Waals surface area contributed by atoms with Gasteiger partial charge in [0.05, 0.1) is 11.1 Å². The second kappa shape index (κ2) is 8.61. The summed E-state index contributed by atoms with van der Waals surface area (Å²) in [5, 5.41) is 0. The smallest absolute Gasteiger partial charge is 0.279 e. The van der Waals surface area contributed by atoms with Crippen molar-refractivity contribution in [3.63, 3.8) is 0 Å². The average molecular weight is 410 g/mol. The summed E-state index contributed by atoms with van der Waals surface area (Å²) in [5.74, 6) is 1.27. The molecule has 2 aromatic heterocycles. The largest absolute Gasteiger partial charge is 0.441 e. The molecule has 0 bridgehead atoms. The van der Waals surface area contributed by atoms with Gasteiger partial charge in [-0.1, -0.05) is 37.3 Å². The Morgan fingerprint density at radius 1 is 1.24 bits per heavy atom. The van der Waals surface area contributed by atoms with Gasteiger partial charge in [-0.05, 0) is 36.8 Å². The number of benzene rings is 1. The van der Waals surface area contributed by atoms with E-state index in [1.165, 1.54) is 21.8 Å². The molecule has 4 rings (SSSR count). The Hall–Kier alpha value is -2.93. The number of oxazole rings is 1. The third kappa shape index (κ3) is 4.74. The van der Waals surface area contributed by atoms with Crippen LogP contribution < -0.4 is 10.9 Å². The van der Waals surface area contributed by atoms with Gasteiger partial charge < -0.3 is 4.42 Å². The van der Waals surface area contributed by atoms with Crippen molar-refractivity contribution in [1.29, 1.82) is 0 Å². The maximum absolute atomic E-state index is 12.3. The summed E-state index contributed by atoms with van der Waals surface area (Å²) in [7, 11) is 0. The van der Waals surface area contributed by atoms with Crippen LogP contribution in [-0.4, -0.2) is 16.8 Å². The lowest BCUT2D eigenvalue weighted by Crippen LogP contribution is -2.41. The number of aryl methyl sites for hydroxylation is 2. The van der Waals surface area contributed by atoms with Crippen LogP contribution in [0.1, 0.15) is 45.8 Å². The molecule has 150 valence electrons. The predicted molar refractivity (Wildman–Crippen MR) is 111 cm³/mol. The Morgan fingerprint density at radius 3 is 2.90 bits per heavy atom. The van der Waals surface area contributed by atoms with Gasteiger partial charge in [-0.3, -0.25) is 20.4 Å². The van der Waals surface area contributed by atoms with Crippen LogP contribution in [0.3, 0.4) is 0 Å². The molecule has 2 N–H and O–H groups in total. The van der Waals surface area contributed by atoms with Crippen LogP contribution in [0, 0.1) is 5.92 Å². The van der Waals surface area contributed by atoms with E-state index in [4.69, 9.17) is 4.42 Å². The lowest BCUT2D eigenvalue weighted by atomic mass is 9.90. The van der Waals surface area contributed by atoms with E-state index in [0.717, 1.165) is 24.8 Å². The molecule has 0 saturated heterocycles. The number of hydrogen-bond acceptors (Lipinski definition) is 5. The second-order valence-corrected chi connectivity index (χ2v) is 8.53. The van der Waals surface area contributed by atoms with Gasteiger partial charge in [0.2, 0.25) is 5.91 Å². The molecule has 1 aliphatic carbocycles. The number of rotatable bonds is 5. The van der Waals surface area contributed by atoms with E-state index >= 15 is 0 Å². The van der Waals surface area contributed by atoms with E-state index in [1.54, 1.807) is 6.20 Å². The van der Waals surface area contributed by atoms with Gasteiger partial charge >= 0.3 is 0 Å². The molecule has 0 radical (unpaired) electrons. The van der Waals surface area contributed by atoms with Gasteiger partial charge in [0.25, 0.3) is 5.91 Å². The van der Waals surface area contributed by atoms with E-state index in [0.29, 0.717) is 28.9 Å². The third-order valence-corrected chi connectivity index (χ3v) is 6.28. The number of nitrogens with one attached hydrogen (secondary N) is 2. The molecule has 2 amide bonds. The monoisotopic (exact) mass is 409 g/mol. The quantitative estimate of drug-likeness (QED) is 0.626. The summed E-state index contributed by atoms with van der Waals surface area (Å²) >= 11 is 1.52. The first-order valence-corrected chi connectivity index (χ1v) is 10.6. The number of nitrogens with zero attached hydrogens (tertiary/aromatic N) is 1. The molecule has 2 heterocycles. The van der Waals surface area contributed by atoms with Crippen molar-refractivity contribution in [3.05, 3.63) is 63.8 Å². The van der Waals surface area contributed by atoms with Gasteiger partial charge in [-0.15, -0.1) is 11.3 Å². The molecular formula is C22H23N3O3S. The molecule has 1 aliphatic rings. The predicted octanol–water partition coefficient (Wildman–Crippen LogP) is 3.92. The average Bonchev–Trinajstić information content (AvgIpc) is 3.38. The summed E-state index contributed by atoms with van der Waals surface area (Å²) in [6, 6.07) is 11.6. The lowest BCUT2D eigenvalue weighted by molar-refractivity contribution is -0.121. The first-order valence-electron chi connectivity index (χ1n) is 9.79. The number of aromatic nitrogens is 1. The standard InChI is InChI=1S/C22H23N3O3S/c1-14-7-8-18-16(11-14)12-19(29-18)22(27)25-24-20(26)9-10-21-23-13-17(28-21)15-5-3-2-4-6-15/h2-6,12-14H,7-11H2,1H3,(H,24,26)(H,25,27). The van der Waals surface area contributed by atoms with Gasteiger partial charge in [-0.25, -0.2) is 4.98 Å². The number of fused-ring (bicyclic) bond motifs is 1. The Kier molecular flexibility index (Phi) is 5.76. The summed E-state index contributed by atoms with van der Waals surface area (Å²) in [4.78, 5) is 30.6. The van der Waals surface area contributed by atoms with Crippen molar-refractivity contribution in [2.24, 2.45) is 5.92 Å². The maximum Gasteiger partial charge on any atom is 0.279 e. The number of hydrogen-bond donors (Lipinski definition) is 2. The Labute approximate surface area is 173 Å². The Balaban J connectivity index is 1.25. The first kappa shape index (κ1) is 19.4. The molecule has 3 aromatic rings. The molecule has 0 spiro atoms. The summed E-state index contributed by atoms with van der Waals surface area (Å²) < 4.78 is 5.69. The molecule has 1 atom stereocenters. The highest BCUT2D eigenvalue weighted by Crippen LogP contribution is 2.32. The highest BCUT2D eigenvalue weighted by Gasteiger charge is 2.21. The van der Waals surface area contributed by atoms with Crippen molar-refractivity contribution >= 4 is 23.2 Å². The minimum atomic E-state index is -0.284. The van der Waals surface area contributed by atoms with Crippen LogP contribution >= 0.6 is 11.3 Å². The second-order valence-electron chi connectivity index (χ2n) is 7.39. The van der Waals surface area contributed by atoms with Crippen LogP contribution in [-0.2, 0) is 24.1 Å². The normalized spacial score (nSPS) is 15.6. The third-order valence-electron chi connectivity index (χ3n) is 5.05. The molecular weight excluding hydrogens is 386 g/mol. The van der Waals surface area contributed by atoms with Crippen molar-refractivity contribution in [3.8, 4) is 11.3 Å². The van der Waals surface area contributed by atoms with Crippen molar-refractivity contribution in [1.82, 2.24) is 15.8 Å². The number of amides is 2. The van der Waals surface area contributed by atoms with Crippen LogP contribution in [0.25, 0.3) is 11.3 Å². The van der Waals surface area contributed by atoms with Crippen LogP contribution in [0.15, 0.2) is 47.0 Å². The van der Waals surface area contributed by atoms with E-state index < -0.39 is 0 Å². The number of carbonyl (C=O) groups excluding carboxylic acids is 2. The Bertz CT molecular complexity index is 1010. The molecule has 0 fully saturated rings. The van der Waals surface area contributed by atoms with E-state index in [1.807, 2.05) is 36.4 Å². The Morgan fingerprint density at radius 2 is 2.07 bits per heavy atom. The number of carbonyl (C=O) groups is 2. The molecule has 7 heteroatoms. The van der Waals surface area contributed by atoms with Crippen LogP contribution in [0.2, 0.25) is 0 Å². The lowest BCUT2D eigenvalue weighted by Gasteiger charge is -2.16. The number of hydrazine groups is 1. The van der Waals surface area contributed by atoms with E-state index in [-0.39, 0.29) is 18.2 Å². The van der Waals surface area contributed by atoms with Crippen molar-refractivity contribution in [2.45, 2.75) is 39.0 Å². The van der Waals surface area contributed by atoms with Gasteiger partial charge in [0, 0.05) is 23.3 Å². The van der Waals surface area contributed by atoms with Crippen LogP contribution in [0.5, 0.6) is 0 Å². The molecule has 0 aliphatic heterocycles. The molecule has 1 aromatic carbocycles. The molecule has 0 saturated carbocycles. The first-order chi connectivity index (χ1) is 14.1. The zero-order chi connectivity index (χ0) is 20.2. The molecule has 29 heavy (non-hydrogen) atoms. The minimum absolute atomic E-state index is 0.174. The minimum Gasteiger partial charge on any atom is -0.441 e. The number of thiophene rings is 1.